The van der Waals surface area contributed by atoms with Gasteiger partial charge in [0.15, 0.2) is 11.5 Å². The minimum Gasteiger partial charge on any atom is -0.490 e. The van der Waals surface area contributed by atoms with E-state index in [1.165, 1.54) is 24.3 Å². The van der Waals surface area contributed by atoms with Crippen LogP contribution in [-0.4, -0.2) is 15.0 Å². The summed E-state index contributed by atoms with van der Waals surface area (Å²) >= 11 is 6.06. The molecule has 9 heteroatoms. The molecule has 0 saturated carbocycles. The molecule has 0 aliphatic rings. The molecule has 0 heterocycles. The summed E-state index contributed by atoms with van der Waals surface area (Å²) in [6, 6.07) is 16.1. The fourth-order valence-corrected chi connectivity index (χ4v) is 3.57. The topological polar surface area (TPSA) is 90.6 Å². The van der Waals surface area contributed by atoms with Crippen molar-refractivity contribution in [3.63, 3.8) is 0 Å². The summed E-state index contributed by atoms with van der Waals surface area (Å²) in [7, 11) is -3.72. The molecule has 0 bridgehead atoms. The summed E-state index contributed by atoms with van der Waals surface area (Å²) in [5.41, 5.74) is 1.93. The Morgan fingerprint density at radius 1 is 1.03 bits per heavy atom. The summed E-state index contributed by atoms with van der Waals surface area (Å²) in [5, 5.41) is 8.61. The zero-order chi connectivity index (χ0) is 22.4. The number of halogens is 2. The van der Waals surface area contributed by atoms with E-state index < -0.39 is 15.8 Å². The smallest absolute Gasteiger partial charge is 0.238 e. The van der Waals surface area contributed by atoms with Gasteiger partial charge >= 0.3 is 0 Å². The lowest BCUT2D eigenvalue weighted by molar-refractivity contribution is 0.265. The monoisotopic (exact) mass is 464 g/mol. The molecule has 3 rings (SSSR count). The molecular formula is C22H22ClFN2O4S. The van der Waals surface area contributed by atoms with Crippen LogP contribution < -0.4 is 19.9 Å². The van der Waals surface area contributed by atoms with Gasteiger partial charge in [-0.1, -0.05) is 23.7 Å². The molecule has 0 spiro atoms. The van der Waals surface area contributed by atoms with Crippen molar-refractivity contribution < 1.29 is 22.3 Å². The van der Waals surface area contributed by atoms with Gasteiger partial charge in [-0.25, -0.2) is 17.9 Å². The summed E-state index contributed by atoms with van der Waals surface area (Å²) in [4.78, 5) is 0.0492. The molecule has 0 aliphatic heterocycles. The van der Waals surface area contributed by atoms with Gasteiger partial charge in [0.05, 0.1) is 16.5 Å². The predicted octanol–water partition coefficient (Wildman–Crippen LogP) is 4.72. The quantitative estimate of drug-likeness (QED) is 0.478. The second-order valence-electron chi connectivity index (χ2n) is 6.63. The lowest BCUT2D eigenvalue weighted by atomic mass is 10.2. The summed E-state index contributed by atoms with van der Waals surface area (Å²) in [6.45, 7) is 2.73. The summed E-state index contributed by atoms with van der Waals surface area (Å²) in [6.07, 6.45) is 0. The fraction of sp³-hybridized carbons (Fsp3) is 0.182. The van der Waals surface area contributed by atoms with E-state index >= 15 is 0 Å². The maximum absolute atomic E-state index is 14.0. The normalized spacial score (nSPS) is 11.2. The third-order valence-electron chi connectivity index (χ3n) is 4.42. The number of hydrogen-bond donors (Lipinski definition) is 2. The number of rotatable bonds is 9. The van der Waals surface area contributed by atoms with Crippen molar-refractivity contribution in [1.82, 2.24) is 0 Å². The van der Waals surface area contributed by atoms with Gasteiger partial charge < -0.3 is 14.8 Å². The Hall–Kier alpha value is -2.81. The number of hydrogen-bond acceptors (Lipinski definition) is 5. The number of nitrogens with one attached hydrogen (secondary N) is 1. The van der Waals surface area contributed by atoms with Crippen molar-refractivity contribution in [3.8, 4) is 11.5 Å². The first-order valence-electron chi connectivity index (χ1n) is 9.46. The van der Waals surface area contributed by atoms with E-state index in [0.717, 1.165) is 11.3 Å². The molecule has 0 radical (unpaired) electrons. The van der Waals surface area contributed by atoms with Gasteiger partial charge in [0, 0.05) is 17.8 Å². The molecule has 0 amide bonds. The molecule has 3 aromatic carbocycles. The van der Waals surface area contributed by atoms with Crippen LogP contribution in [0.3, 0.4) is 0 Å². The summed E-state index contributed by atoms with van der Waals surface area (Å²) in [5.74, 6) is 0.570. The van der Waals surface area contributed by atoms with Crippen molar-refractivity contribution >= 4 is 27.3 Å². The van der Waals surface area contributed by atoms with Crippen LogP contribution in [0.5, 0.6) is 11.5 Å². The van der Waals surface area contributed by atoms with Gasteiger partial charge in [-0.15, -0.1) is 0 Å². The highest BCUT2D eigenvalue weighted by atomic mass is 35.5. The maximum Gasteiger partial charge on any atom is 0.238 e. The van der Waals surface area contributed by atoms with Crippen LogP contribution in [0.1, 0.15) is 18.1 Å². The second kappa shape index (κ2) is 10.00. The highest BCUT2D eigenvalue weighted by molar-refractivity contribution is 7.89. The predicted molar refractivity (Wildman–Crippen MR) is 118 cm³/mol. The highest BCUT2D eigenvalue weighted by Gasteiger charge is 2.12. The third kappa shape index (κ3) is 6.10. The Morgan fingerprint density at radius 2 is 1.77 bits per heavy atom. The van der Waals surface area contributed by atoms with Crippen molar-refractivity contribution in [2.75, 3.05) is 11.9 Å². The number of ether oxygens (including phenoxy) is 2. The zero-order valence-electron chi connectivity index (χ0n) is 16.8. The maximum atomic E-state index is 14.0. The van der Waals surface area contributed by atoms with Crippen LogP contribution in [0.25, 0.3) is 0 Å². The molecule has 3 N–H and O–H groups in total. The first-order chi connectivity index (χ1) is 14.8. The number of benzene rings is 3. The average molecular weight is 465 g/mol. The molecule has 0 fully saturated rings. The first-order valence-corrected chi connectivity index (χ1v) is 11.4. The third-order valence-corrected chi connectivity index (χ3v) is 5.70. The molecule has 0 aliphatic carbocycles. The number of nitrogens with two attached hydrogens (primary N) is 1. The average Bonchev–Trinajstić information content (AvgIpc) is 2.73. The highest BCUT2D eigenvalue weighted by Crippen LogP contribution is 2.31. The van der Waals surface area contributed by atoms with Gasteiger partial charge in [-0.05, 0) is 61.0 Å². The largest absolute Gasteiger partial charge is 0.490 e. The Bertz CT molecular complexity index is 1130. The standard InChI is InChI=1S/C22H22ClFN2O4S/c1-2-29-22-12-15(13-26-16-7-9-17(10-8-16)31(25,27)28)6-11-21(22)30-14-18-19(23)4-3-5-20(18)24/h3-12,26H,2,13-14H2,1H3,(H2,25,27,28). The van der Waals surface area contributed by atoms with Gasteiger partial charge in [0.25, 0.3) is 0 Å². The van der Waals surface area contributed by atoms with Crippen LogP contribution in [0, 0.1) is 5.82 Å². The molecule has 6 nitrogen and oxygen atoms in total. The molecule has 0 aromatic heterocycles. The fourth-order valence-electron chi connectivity index (χ4n) is 2.84. The van der Waals surface area contributed by atoms with E-state index in [9.17, 15) is 12.8 Å². The first kappa shape index (κ1) is 22.9. The van der Waals surface area contributed by atoms with E-state index in [4.69, 9.17) is 26.2 Å². The van der Waals surface area contributed by atoms with Crippen LogP contribution >= 0.6 is 11.6 Å². The van der Waals surface area contributed by atoms with Gasteiger partial charge in [0.2, 0.25) is 10.0 Å². The Balaban J connectivity index is 1.69. The number of primary sulfonamides is 1. The molecule has 0 atom stereocenters. The van der Waals surface area contributed by atoms with Gasteiger partial charge in [-0.2, -0.15) is 0 Å². The lowest BCUT2D eigenvalue weighted by Crippen LogP contribution is -2.12. The molecule has 0 saturated heterocycles. The van der Waals surface area contributed by atoms with E-state index in [1.54, 1.807) is 24.3 Å². The Kier molecular flexibility index (Phi) is 7.37. The second-order valence-corrected chi connectivity index (χ2v) is 8.59. The lowest BCUT2D eigenvalue weighted by Gasteiger charge is -2.15. The van der Waals surface area contributed by atoms with Crippen molar-refractivity contribution in [2.24, 2.45) is 5.14 Å². The molecule has 164 valence electrons. The van der Waals surface area contributed by atoms with Crippen LogP contribution in [0.15, 0.2) is 65.6 Å². The van der Waals surface area contributed by atoms with E-state index in [-0.39, 0.29) is 17.1 Å². The van der Waals surface area contributed by atoms with Crippen LogP contribution in [-0.2, 0) is 23.2 Å². The molecular weight excluding hydrogens is 443 g/mol. The van der Waals surface area contributed by atoms with Gasteiger partial charge in [-0.3, -0.25) is 0 Å². The van der Waals surface area contributed by atoms with Crippen LogP contribution in [0.2, 0.25) is 5.02 Å². The minimum atomic E-state index is -3.72. The van der Waals surface area contributed by atoms with Gasteiger partial charge in [0.1, 0.15) is 12.4 Å². The van der Waals surface area contributed by atoms with Crippen LogP contribution in [0.4, 0.5) is 10.1 Å². The Labute approximate surface area is 185 Å². The number of sulfonamides is 1. The minimum absolute atomic E-state index is 0.0282. The van der Waals surface area contributed by atoms with Crippen molar-refractivity contribution in [2.45, 2.75) is 25.0 Å². The number of anilines is 1. The van der Waals surface area contributed by atoms with E-state index in [1.807, 2.05) is 19.1 Å². The SMILES string of the molecule is CCOc1cc(CNc2ccc(S(N)(=O)=O)cc2)ccc1OCc1c(F)cccc1Cl. The van der Waals surface area contributed by atoms with E-state index in [0.29, 0.717) is 29.7 Å². The van der Waals surface area contributed by atoms with Crippen molar-refractivity contribution in [3.05, 3.63) is 82.6 Å². The molecule has 0 unspecified atom stereocenters. The van der Waals surface area contributed by atoms with E-state index in [2.05, 4.69) is 5.32 Å². The zero-order valence-corrected chi connectivity index (χ0v) is 18.3. The molecule has 3 aromatic rings. The Morgan fingerprint density at radius 3 is 2.42 bits per heavy atom. The summed E-state index contributed by atoms with van der Waals surface area (Å²) < 4.78 is 48.1. The molecule has 31 heavy (non-hydrogen) atoms. The van der Waals surface area contributed by atoms with Crippen molar-refractivity contribution in [1.29, 1.82) is 0 Å².